The van der Waals surface area contributed by atoms with Gasteiger partial charge in [0, 0.05) is 56.3 Å². The second-order valence-corrected chi connectivity index (χ2v) is 9.78. The van der Waals surface area contributed by atoms with E-state index in [0.29, 0.717) is 27.6 Å². The number of carbonyl (C=O) groups is 1. The Hall–Kier alpha value is -2.55. The largest absolute Gasteiger partial charge is 0.300 e. The van der Waals surface area contributed by atoms with Crippen molar-refractivity contribution in [3.8, 4) is 0 Å². The fraction of sp³-hybridized carbons (Fsp3) is 0.269. The number of nitrogens with zero attached hydrogens (tertiary/aromatic N) is 2. The van der Waals surface area contributed by atoms with Crippen LogP contribution in [-0.4, -0.2) is 52.5 Å². The second kappa shape index (κ2) is 12.2. The predicted molar refractivity (Wildman–Crippen MR) is 136 cm³/mol. The van der Waals surface area contributed by atoms with E-state index in [1.807, 2.05) is 6.07 Å². The molecule has 0 saturated carbocycles. The highest BCUT2D eigenvalue weighted by Gasteiger charge is 2.18. The predicted octanol–water partition coefficient (Wildman–Crippen LogP) is 4.80. The molecule has 1 heterocycles. The van der Waals surface area contributed by atoms with E-state index in [9.17, 15) is 9.00 Å². The van der Waals surface area contributed by atoms with Crippen LogP contribution >= 0.6 is 11.6 Å². The van der Waals surface area contributed by atoms with Gasteiger partial charge in [-0.3, -0.25) is 15.2 Å². The molecule has 8 heteroatoms. The number of rotatable bonds is 10. The average molecular weight is 498 g/mol. The molecule has 3 aromatic rings. The van der Waals surface area contributed by atoms with Gasteiger partial charge < -0.3 is 4.90 Å². The van der Waals surface area contributed by atoms with Crippen LogP contribution in [0.2, 0.25) is 5.02 Å². The van der Waals surface area contributed by atoms with Crippen LogP contribution in [0.1, 0.15) is 22.3 Å². The topological polar surface area (TPSA) is 61.9 Å². The van der Waals surface area contributed by atoms with Gasteiger partial charge in [-0.05, 0) is 42.0 Å². The summed E-state index contributed by atoms with van der Waals surface area (Å²) in [6.07, 6.45) is 0.458. The summed E-state index contributed by atoms with van der Waals surface area (Å²) in [6, 6.07) is 24.2. The Kier molecular flexibility index (Phi) is 8.85. The SMILES string of the molecule is O=C(CCN1CCN(Cc2ccccc2)CC1)c1cccc(NOS(=O)c2ccc(Cl)cc2)c1. The zero-order chi connectivity index (χ0) is 23.8. The minimum atomic E-state index is -1.70. The van der Waals surface area contributed by atoms with Gasteiger partial charge in [0.25, 0.3) is 0 Å². The summed E-state index contributed by atoms with van der Waals surface area (Å²) in [4.78, 5) is 18.1. The van der Waals surface area contributed by atoms with Gasteiger partial charge in [-0.15, -0.1) is 0 Å². The fourth-order valence-electron chi connectivity index (χ4n) is 3.85. The Labute approximate surface area is 208 Å². The molecule has 0 radical (unpaired) electrons. The molecule has 0 aromatic heterocycles. The Balaban J connectivity index is 1.21. The molecule has 1 aliphatic heterocycles. The first kappa shape index (κ1) is 24.6. The first-order valence-electron chi connectivity index (χ1n) is 11.3. The number of ketones is 1. The average Bonchev–Trinajstić information content (AvgIpc) is 2.88. The first-order chi connectivity index (χ1) is 16.6. The van der Waals surface area contributed by atoms with Crippen LogP contribution in [0.3, 0.4) is 0 Å². The number of hydrogen-bond donors (Lipinski definition) is 1. The third-order valence-electron chi connectivity index (χ3n) is 5.79. The summed E-state index contributed by atoms with van der Waals surface area (Å²) < 4.78 is 17.5. The van der Waals surface area contributed by atoms with Crippen molar-refractivity contribution in [3.63, 3.8) is 0 Å². The van der Waals surface area contributed by atoms with Crippen molar-refractivity contribution in [1.29, 1.82) is 0 Å². The summed E-state index contributed by atoms with van der Waals surface area (Å²) in [5.41, 5.74) is 5.19. The van der Waals surface area contributed by atoms with Crippen molar-refractivity contribution in [3.05, 3.63) is 95.0 Å². The van der Waals surface area contributed by atoms with Crippen LogP contribution in [0.4, 0.5) is 5.69 Å². The van der Waals surface area contributed by atoms with Gasteiger partial charge in [0.1, 0.15) is 0 Å². The van der Waals surface area contributed by atoms with E-state index in [-0.39, 0.29) is 5.78 Å². The number of hydrogen-bond acceptors (Lipinski definition) is 6. The van der Waals surface area contributed by atoms with E-state index in [1.54, 1.807) is 48.5 Å². The van der Waals surface area contributed by atoms with Gasteiger partial charge in [0.05, 0.1) is 10.6 Å². The maximum atomic E-state index is 12.8. The van der Waals surface area contributed by atoms with E-state index in [1.165, 1.54) is 5.56 Å². The number of nitrogens with one attached hydrogen (secondary N) is 1. The van der Waals surface area contributed by atoms with Crippen LogP contribution in [0.25, 0.3) is 0 Å². The highest BCUT2D eigenvalue weighted by atomic mass is 35.5. The standard InChI is InChI=1S/C26H28ClN3O3S/c27-23-9-11-25(12-10-23)34(32)33-28-24-8-4-7-22(19-24)26(31)13-14-29-15-17-30(18-16-29)20-21-5-2-1-3-6-21/h1-12,19,28H,13-18,20H2. The molecule has 4 rings (SSSR count). The molecule has 34 heavy (non-hydrogen) atoms. The molecule has 1 saturated heterocycles. The van der Waals surface area contributed by atoms with Crippen LogP contribution in [0.5, 0.6) is 0 Å². The molecule has 0 bridgehead atoms. The summed E-state index contributed by atoms with van der Waals surface area (Å²) in [5.74, 6) is 0.0780. The molecule has 6 nitrogen and oxygen atoms in total. The Morgan fingerprint density at radius 2 is 1.62 bits per heavy atom. The van der Waals surface area contributed by atoms with Gasteiger partial charge in [-0.25, -0.2) is 4.21 Å². The molecular formula is C26H28ClN3O3S. The van der Waals surface area contributed by atoms with Crippen molar-refractivity contribution in [2.24, 2.45) is 0 Å². The molecule has 0 spiro atoms. The van der Waals surface area contributed by atoms with Crippen molar-refractivity contribution >= 4 is 34.2 Å². The normalized spacial score (nSPS) is 15.7. The van der Waals surface area contributed by atoms with E-state index in [4.69, 9.17) is 15.9 Å². The van der Waals surface area contributed by atoms with Crippen molar-refractivity contribution in [2.45, 2.75) is 17.9 Å². The number of Topliss-reactive ketones (excluding diaryl/α,β-unsaturated/α-hetero) is 1. The molecule has 3 aromatic carbocycles. The lowest BCUT2D eigenvalue weighted by atomic mass is 10.1. The minimum absolute atomic E-state index is 0.0780. The summed E-state index contributed by atoms with van der Waals surface area (Å²) in [7, 11) is 0. The van der Waals surface area contributed by atoms with Gasteiger partial charge >= 0.3 is 0 Å². The third kappa shape index (κ3) is 7.22. The quantitative estimate of drug-likeness (QED) is 0.321. The number of carbonyl (C=O) groups excluding carboxylic acids is 1. The minimum Gasteiger partial charge on any atom is -0.300 e. The molecule has 0 aliphatic carbocycles. The van der Waals surface area contributed by atoms with E-state index in [2.05, 4.69) is 39.5 Å². The van der Waals surface area contributed by atoms with Crippen LogP contribution < -0.4 is 5.48 Å². The molecule has 178 valence electrons. The molecule has 1 aliphatic rings. The Morgan fingerprint density at radius 1 is 0.912 bits per heavy atom. The lowest BCUT2D eigenvalue weighted by molar-refractivity contribution is 0.0922. The van der Waals surface area contributed by atoms with Crippen molar-refractivity contribution in [1.82, 2.24) is 9.80 Å². The number of halogens is 1. The summed E-state index contributed by atoms with van der Waals surface area (Å²) in [6.45, 7) is 5.65. The van der Waals surface area contributed by atoms with E-state index in [0.717, 1.165) is 39.3 Å². The third-order valence-corrected chi connectivity index (χ3v) is 6.94. The van der Waals surface area contributed by atoms with Crippen LogP contribution in [0.15, 0.2) is 83.8 Å². The van der Waals surface area contributed by atoms with Gasteiger partial charge in [0.2, 0.25) is 11.1 Å². The Bertz CT molecular complexity index is 1100. The smallest absolute Gasteiger partial charge is 0.212 e. The second-order valence-electron chi connectivity index (χ2n) is 8.23. The zero-order valence-electron chi connectivity index (χ0n) is 18.9. The number of piperazine rings is 1. The number of anilines is 1. The highest BCUT2D eigenvalue weighted by molar-refractivity contribution is 7.80. The van der Waals surface area contributed by atoms with Crippen LogP contribution in [-0.2, 0) is 21.9 Å². The Morgan fingerprint density at radius 3 is 2.35 bits per heavy atom. The summed E-state index contributed by atoms with van der Waals surface area (Å²) >= 11 is 4.16. The maximum absolute atomic E-state index is 12.8. The van der Waals surface area contributed by atoms with Gasteiger partial charge in [0.15, 0.2) is 5.78 Å². The van der Waals surface area contributed by atoms with Crippen LogP contribution in [0, 0.1) is 0 Å². The van der Waals surface area contributed by atoms with Crippen molar-refractivity contribution in [2.75, 3.05) is 38.2 Å². The van der Waals surface area contributed by atoms with Gasteiger partial charge in [-0.2, -0.15) is 4.28 Å². The lowest BCUT2D eigenvalue weighted by Gasteiger charge is -2.34. The van der Waals surface area contributed by atoms with Gasteiger partial charge in [-0.1, -0.05) is 54.1 Å². The molecule has 1 N–H and O–H groups in total. The highest BCUT2D eigenvalue weighted by Crippen LogP contribution is 2.17. The van der Waals surface area contributed by atoms with E-state index >= 15 is 0 Å². The van der Waals surface area contributed by atoms with Crippen molar-refractivity contribution < 1.29 is 13.3 Å². The molecule has 1 atom stereocenters. The zero-order valence-corrected chi connectivity index (χ0v) is 20.4. The molecular weight excluding hydrogens is 470 g/mol. The monoisotopic (exact) mass is 497 g/mol. The lowest BCUT2D eigenvalue weighted by Crippen LogP contribution is -2.46. The first-order valence-corrected chi connectivity index (χ1v) is 12.7. The van der Waals surface area contributed by atoms with E-state index < -0.39 is 11.1 Å². The molecule has 1 fully saturated rings. The summed E-state index contributed by atoms with van der Waals surface area (Å²) in [5, 5.41) is 0.564. The fourth-order valence-corrected chi connectivity index (χ4v) is 4.60. The molecule has 1 unspecified atom stereocenters. The molecule has 0 amide bonds. The number of benzene rings is 3. The maximum Gasteiger partial charge on any atom is 0.212 e.